The van der Waals surface area contributed by atoms with Crippen molar-refractivity contribution in [2.24, 2.45) is 0 Å². The van der Waals surface area contributed by atoms with Gasteiger partial charge in [0.1, 0.15) is 5.82 Å². The second-order valence-electron chi connectivity index (χ2n) is 3.90. The Morgan fingerprint density at radius 3 is 2.85 bits per heavy atom. The van der Waals surface area contributed by atoms with E-state index < -0.39 is 5.97 Å². The van der Waals surface area contributed by atoms with Crippen LogP contribution in [0.1, 0.15) is 21.7 Å². The Labute approximate surface area is 119 Å². The molecule has 0 aliphatic rings. The summed E-state index contributed by atoms with van der Waals surface area (Å²) in [7, 11) is 0. The number of amides is 1. The molecule has 1 heterocycles. The Bertz CT molecular complexity index is 679. The molecule has 1 aromatic carbocycles. The van der Waals surface area contributed by atoms with Crippen molar-refractivity contribution < 1.29 is 14.7 Å². The molecule has 2 aromatic rings. The fourth-order valence-electron chi connectivity index (χ4n) is 1.47. The molecule has 0 radical (unpaired) electrons. The number of anilines is 1. The molecule has 7 heteroatoms. The first-order chi connectivity index (χ1) is 9.54. The van der Waals surface area contributed by atoms with E-state index in [1.54, 1.807) is 31.2 Å². The molecule has 0 saturated carbocycles. The van der Waals surface area contributed by atoms with Gasteiger partial charge in [0, 0.05) is 23.2 Å². The van der Waals surface area contributed by atoms with Crippen LogP contribution in [-0.2, 0) is 4.79 Å². The molecule has 0 aliphatic heterocycles. The second-order valence-corrected chi connectivity index (χ2v) is 4.65. The van der Waals surface area contributed by atoms with Crippen molar-refractivity contribution in [3.63, 3.8) is 0 Å². The molecule has 0 saturated heterocycles. The summed E-state index contributed by atoms with van der Waals surface area (Å²) in [5.41, 5.74) is 1.05. The summed E-state index contributed by atoms with van der Waals surface area (Å²) in [5, 5.41) is 11.6. The minimum Gasteiger partial charge on any atom is -0.478 e. The summed E-state index contributed by atoms with van der Waals surface area (Å²) in [6, 6.07) is 6.64. The van der Waals surface area contributed by atoms with Crippen LogP contribution >= 0.6 is 11.5 Å². The van der Waals surface area contributed by atoms with E-state index in [4.69, 9.17) is 5.11 Å². The molecule has 0 unspecified atom stereocenters. The van der Waals surface area contributed by atoms with Crippen LogP contribution in [0.15, 0.2) is 30.3 Å². The maximum absolute atomic E-state index is 12.0. The van der Waals surface area contributed by atoms with Gasteiger partial charge < -0.3 is 5.11 Å². The molecular weight excluding hydrogens is 278 g/mol. The maximum Gasteiger partial charge on any atom is 0.328 e. The fourth-order valence-corrected chi connectivity index (χ4v) is 2.04. The molecule has 0 atom stereocenters. The van der Waals surface area contributed by atoms with E-state index in [0.717, 1.165) is 17.6 Å². The van der Waals surface area contributed by atoms with E-state index in [1.807, 2.05) is 0 Å². The number of aliphatic carboxylic acids is 1. The summed E-state index contributed by atoms with van der Waals surface area (Å²) in [6.45, 7) is 1.74. The minimum absolute atomic E-state index is 0.313. The number of nitrogens with one attached hydrogen (secondary N) is 1. The van der Waals surface area contributed by atoms with Gasteiger partial charge in [-0.1, -0.05) is 12.1 Å². The van der Waals surface area contributed by atoms with Crippen molar-refractivity contribution >= 4 is 34.6 Å². The van der Waals surface area contributed by atoms with E-state index in [-0.39, 0.29) is 5.91 Å². The third-order valence-electron chi connectivity index (χ3n) is 2.32. The average molecular weight is 289 g/mol. The van der Waals surface area contributed by atoms with Crippen molar-refractivity contribution in [3.8, 4) is 0 Å². The van der Waals surface area contributed by atoms with Gasteiger partial charge in [-0.25, -0.2) is 9.78 Å². The van der Waals surface area contributed by atoms with Crippen LogP contribution < -0.4 is 5.32 Å². The van der Waals surface area contributed by atoms with Crippen LogP contribution in [0, 0.1) is 6.92 Å². The lowest BCUT2D eigenvalue weighted by molar-refractivity contribution is -0.131. The molecular formula is C13H11N3O3S. The smallest absolute Gasteiger partial charge is 0.328 e. The Morgan fingerprint density at radius 2 is 2.20 bits per heavy atom. The molecule has 0 bridgehead atoms. The summed E-state index contributed by atoms with van der Waals surface area (Å²) < 4.78 is 3.97. The lowest BCUT2D eigenvalue weighted by Gasteiger charge is -2.02. The average Bonchev–Trinajstić information content (AvgIpc) is 2.82. The van der Waals surface area contributed by atoms with Crippen LogP contribution in [0.25, 0.3) is 6.08 Å². The van der Waals surface area contributed by atoms with Gasteiger partial charge in [-0.3, -0.25) is 10.1 Å². The number of benzene rings is 1. The highest BCUT2D eigenvalue weighted by molar-refractivity contribution is 7.09. The van der Waals surface area contributed by atoms with Gasteiger partial charge in [-0.05, 0) is 30.7 Å². The van der Waals surface area contributed by atoms with E-state index >= 15 is 0 Å². The first-order valence-electron chi connectivity index (χ1n) is 5.67. The molecule has 1 amide bonds. The second kappa shape index (κ2) is 6.07. The van der Waals surface area contributed by atoms with Gasteiger partial charge in [-0.2, -0.15) is 4.37 Å². The summed E-state index contributed by atoms with van der Waals surface area (Å²) in [5.74, 6) is -0.751. The zero-order valence-corrected chi connectivity index (χ0v) is 11.3. The monoisotopic (exact) mass is 289 g/mol. The summed E-state index contributed by atoms with van der Waals surface area (Å²) >= 11 is 1.11. The van der Waals surface area contributed by atoms with Crippen LogP contribution in [0.5, 0.6) is 0 Å². The van der Waals surface area contributed by atoms with Crippen LogP contribution in [0.2, 0.25) is 0 Å². The lowest BCUT2D eigenvalue weighted by atomic mass is 10.1. The number of aromatic nitrogens is 2. The maximum atomic E-state index is 12.0. The largest absolute Gasteiger partial charge is 0.478 e. The number of hydrogen-bond donors (Lipinski definition) is 2. The Morgan fingerprint density at radius 1 is 1.40 bits per heavy atom. The van der Waals surface area contributed by atoms with Gasteiger partial charge in [0.25, 0.3) is 5.91 Å². The molecule has 2 rings (SSSR count). The number of hydrogen-bond acceptors (Lipinski definition) is 5. The van der Waals surface area contributed by atoms with Crippen molar-refractivity contribution in [1.29, 1.82) is 0 Å². The summed E-state index contributed by atoms with van der Waals surface area (Å²) in [6.07, 6.45) is 2.44. The number of carbonyl (C=O) groups is 2. The number of rotatable bonds is 4. The van der Waals surface area contributed by atoms with E-state index in [0.29, 0.717) is 22.1 Å². The highest BCUT2D eigenvalue weighted by atomic mass is 32.1. The van der Waals surface area contributed by atoms with E-state index in [2.05, 4.69) is 14.7 Å². The number of carboxylic acids is 1. The van der Waals surface area contributed by atoms with Gasteiger partial charge in [0.15, 0.2) is 0 Å². The molecule has 1 aromatic heterocycles. The molecule has 0 spiro atoms. The molecule has 0 aliphatic carbocycles. The van der Waals surface area contributed by atoms with Gasteiger partial charge in [-0.15, -0.1) is 0 Å². The van der Waals surface area contributed by atoms with Crippen molar-refractivity contribution in [3.05, 3.63) is 47.3 Å². The van der Waals surface area contributed by atoms with Crippen molar-refractivity contribution in [1.82, 2.24) is 9.36 Å². The van der Waals surface area contributed by atoms with E-state index in [1.165, 1.54) is 6.08 Å². The SMILES string of the molecule is Cc1nsc(NC(=O)c2cccc(/C=C/C(=O)O)c2)n1. The third kappa shape index (κ3) is 3.72. The number of nitrogens with zero attached hydrogens (tertiary/aromatic N) is 2. The highest BCUT2D eigenvalue weighted by Crippen LogP contribution is 2.13. The van der Waals surface area contributed by atoms with E-state index in [9.17, 15) is 9.59 Å². The summed E-state index contributed by atoms with van der Waals surface area (Å²) in [4.78, 5) is 26.5. The van der Waals surface area contributed by atoms with Crippen LogP contribution in [0.3, 0.4) is 0 Å². The van der Waals surface area contributed by atoms with Crippen molar-refractivity contribution in [2.45, 2.75) is 6.92 Å². The zero-order valence-electron chi connectivity index (χ0n) is 10.5. The zero-order chi connectivity index (χ0) is 14.5. The quantitative estimate of drug-likeness (QED) is 0.842. The first kappa shape index (κ1) is 13.9. The first-order valence-corrected chi connectivity index (χ1v) is 6.44. The Hall–Kier alpha value is -2.54. The molecule has 102 valence electrons. The fraction of sp³-hybridized carbons (Fsp3) is 0.0769. The number of carbonyl (C=O) groups excluding carboxylic acids is 1. The van der Waals surface area contributed by atoms with Crippen LogP contribution in [-0.4, -0.2) is 26.3 Å². The van der Waals surface area contributed by atoms with Crippen molar-refractivity contribution in [2.75, 3.05) is 5.32 Å². The standard InChI is InChI=1S/C13H11N3O3S/c1-8-14-13(20-16-8)15-12(19)10-4-2-3-9(7-10)5-6-11(17)18/h2-7H,1H3,(H,17,18)(H,14,15,16,19)/b6-5+. The molecule has 20 heavy (non-hydrogen) atoms. The number of carboxylic acid groups (broad SMARTS) is 1. The predicted octanol–water partition coefficient (Wildman–Crippen LogP) is 2.20. The minimum atomic E-state index is -1.04. The third-order valence-corrected chi connectivity index (χ3v) is 3.04. The normalized spacial score (nSPS) is 10.7. The molecule has 6 nitrogen and oxygen atoms in total. The predicted molar refractivity (Wildman–Crippen MR) is 75.7 cm³/mol. The van der Waals surface area contributed by atoms with Gasteiger partial charge in [0.05, 0.1) is 0 Å². The lowest BCUT2D eigenvalue weighted by Crippen LogP contribution is -2.11. The van der Waals surface area contributed by atoms with Gasteiger partial charge in [0.2, 0.25) is 5.13 Å². The van der Waals surface area contributed by atoms with Gasteiger partial charge >= 0.3 is 5.97 Å². The molecule has 0 fully saturated rings. The Kier molecular flexibility index (Phi) is 4.21. The molecule has 2 N–H and O–H groups in total. The highest BCUT2D eigenvalue weighted by Gasteiger charge is 2.09. The Balaban J connectivity index is 2.14. The topological polar surface area (TPSA) is 92.2 Å². The van der Waals surface area contributed by atoms with Crippen LogP contribution in [0.4, 0.5) is 5.13 Å². The number of aryl methyl sites for hydroxylation is 1.